The van der Waals surface area contributed by atoms with Crippen LogP contribution in [0.5, 0.6) is 11.5 Å². The van der Waals surface area contributed by atoms with Gasteiger partial charge in [-0.15, -0.1) is 0 Å². The number of hydrogen-bond donors (Lipinski definition) is 0. The Bertz CT molecular complexity index is 746. The van der Waals surface area contributed by atoms with Crippen molar-refractivity contribution in [3.8, 4) is 11.5 Å². The summed E-state index contributed by atoms with van der Waals surface area (Å²) in [5.41, 5.74) is 1.55. The van der Waals surface area contributed by atoms with Crippen LogP contribution in [-0.2, 0) is 16.1 Å². The van der Waals surface area contributed by atoms with Crippen LogP contribution in [-0.4, -0.2) is 58.4 Å². The van der Waals surface area contributed by atoms with E-state index >= 15 is 0 Å². The van der Waals surface area contributed by atoms with Gasteiger partial charge in [0.1, 0.15) is 6.61 Å². The Morgan fingerprint density at radius 2 is 1.64 bits per heavy atom. The van der Waals surface area contributed by atoms with Crippen molar-refractivity contribution in [1.82, 2.24) is 4.90 Å². The van der Waals surface area contributed by atoms with Crippen LogP contribution in [0.3, 0.4) is 0 Å². The lowest BCUT2D eigenvalue weighted by Crippen LogP contribution is -2.36. The zero-order valence-corrected chi connectivity index (χ0v) is 18.0. The molecule has 0 saturated heterocycles. The Morgan fingerprint density at radius 3 is 2.21 bits per heavy atom. The highest BCUT2D eigenvalue weighted by molar-refractivity contribution is 9.10. The van der Waals surface area contributed by atoms with Crippen LogP contribution >= 0.6 is 15.9 Å². The first kappa shape index (κ1) is 22.2. The van der Waals surface area contributed by atoms with Crippen LogP contribution in [0.4, 0.5) is 0 Å². The van der Waals surface area contributed by atoms with Crippen molar-refractivity contribution in [3.63, 3.8) is 0 Å². The van der Waals surface area contributed by atoms with Crippen LogP contribution in [0.25, 0.3) is 0 Å². The van der Waals surface area contributed by atoms with Crippen LogP contribution in [0, 0.1) is 0 Å². The molecule has 0 radical (unpaired) electrons. The lowest BCUT2D eigenvalue weighted by Gasteiger charge is -2.23. The summed E-state index contributed by atoms with van der Waals surface area (Å²) in [6.07, 6.45) is 0. The molecule has 0 N–H and O–H groups in total. The van der Waals surface area contributed by atoms with Crippen LogP contribution in [0.15, 0.2) is 46.9 Å². The molecule has 0 bridgehead atoms. The molecule has 0 aliphatic heterocycles. The zero-order chi connectivity index (χ0) is 20.4. The van der Waals surface area contributed by atoms with Crippen molar-refractivity contribution in [2.24, 2.45) is 0 Å². The van der Waals surface area contributed by atoms with Crippen molar-refractivity contribution in [3.05, 3.63) is 58.1 Å². The molecule has 0 saturated carbocycles. The van der Waals surface area contributed by atoms with Crippen molar-refractivity contribution in [1.29, 1.82) is 0 Å². The molecule has 2 aromatic carbocycles. The Morgan fingerprint density at radius 1 is 1.00 bits per heavy atom. The Balaban J connectivity index is 2.20. The number of amides is 1. The SMILES string of the molecule is COCCN(CCOC)C(=O)c1cc(Br)c(OCc2ccccc2)c(OC)c1. The van der Waals surface area contributed by atoms with Gasteiger partial charge in [0.15, 0.2) is 11.5 Å². The molecule has 1 amide bonds. The first-order chi connectivity index (χ1) is 13.6. The maximum Gasteiger partial charge on any atom is 0.254 e. The predicted octanol–water partition coefficient (Wildman–Crippen LogP) is 3.77. The normalized spacial score (nSPS) is 10.6. The molecule has 7 heteroatoms. The molecule has 0 atom stereocenters. The second-order valence-corrected chi connectivity index (χ2v) is 6.90. The summed E-state index contributed by atoms with van der Waals surface area (Å²) in [6, 6.07) is 13.3. The third kappa shape index (κ3) is 6.22. The molecule has 2 aromatic rings. The minimum absolute atomic E-state index is 0.122. The summed E-state index contributed by atoms with van der Waals surface area (Å²) < 4.78 is 22.3. The molecular formula is C21H26BrNO5. The third-order valence-corrected chi connectivity index (χ3v) is 4.71. The molecule has 0 aliphatic carbocycles. The van der Waals surface area contributed by atoms with Gasteiger partial charge in [0.2, 0.25) is 0 Å². The fourth-order valence-electron chi connectivity index (χ4n) is 2.61. The molecular weight excluding hydrogens is 426 g/mol. The first-order valence-corrected chi connectivity index (χ1v) is 9.71. The molecule has 0 heterocycles. The largest absolute Gasteiger partial charge is 0.493 e. The fourth-order valence-corrected chi connectivity index (χ4v) is 3.17. The van der Waals surface area contributed by atoms with Gasteiger partial charge in [0.05, 0.1) is 24.8 Å². The topological polar surface area (TPSA) is 57.2 Å². The average molecular weight is 452 g/mol. The summed E-state index contributed by atoms with van der Waals surface area (Å²) in [7, 11) is 4.77. The number of hydrogen-bond acceptors (Lipinski definition) is 5. The molecule has 0 unspecified atom stereocenters. The van der Waals surface area contributed by atoms with Crippen molar-refractivity contribution >= 4 is 21.8 Å². The van der Waals surface area contributed by atoms with E-state index in [9.17, 15) is 4.79 Å². The van der Waals surface area contributed by atoms with E-state index in [-0.39, 0.29) is 5.91 Å². The van der Waals surface area contributed by atoms with Crippen LogP contribution in [0.1, 0.15) is 15.9 Å². The third-order valence-electron chi connectivity index (χ3n) is 4.12. The monoisotopic (exact) mass is 451 g/mol. The second kappa shape index (κ2) is 11.7. The van der Waals surface area contributed by atoms with Crippen LogP contribution < -0.4 is 9.47 Å². The van der Waals surface area contributed by atoms with E-state index in [0.29, 0.717) is 54.4 Å². The number of ether oxygens (including phenoxy) is 4. The maximum atomic E-state index is 13.0. The molecule has 0 aromatic heterocycles. The van der Waals surface area contributed by atoms with Gasteiger partial charge in [-0.05, 0) is 33.6 Å². The highest BCUT2D eigenvalue weighted by Gasteiger charge is 2.20. The highest BCUT2D eigenvalue weighted by Crippen LogP contribution is 2.37. The van der Waals surface area contributed by atoms with Crippen molar-refractivity contribution in [2.75, 3.05) is 47.6 Å². The second-order valence-electron chi connectivity index (χ2n) is 6.04. The molecule has 28 heavy (non-hydrogen) atoms. The Kier molecular flexibility index (Phi) is 9.27. The van der Waals surface area contributed by atoms with E-state index < -0.39 is 0 Å². The van der Waals surface area contributed by atoms with E-state index in [4.69, 9.17) is 18.9 Å². The molecule has 152 valence electrons. The van der Waals surface area contributed by atoms with E-state index in [1.165, 1.54) is 0 Å². The number of carbonyl (C=O) groups excluding carboxylic acids is 1. The van der Waals surface area contributed by atoms with E-state index in [0.717, 1.165) is 5.56 Å². The van der Waals surface area contributed by atoms with Gasteiger partial charge in [-0.1, -0.05) is 30.3 Å². The summed E-state index contributed by atoms with van der Waals surface area (Å²) >= 11 is 3.51. The lowest BCUT2D eigenvalue weighted by molar-refractivity contribution is 0.0627. The average Bonchev–Trinajstić information content (AvgIpc) is 2.72. The number of rotatable bonds is 11. The molecule has 6 nitrogen and oxygen atoms in total. The zero-order valence-electron chi connectivity index (χ0n) is 16.4. The summed E-state index contributed by atoms with van der Waals surface area (Å²) in [5.74, 6) is 0.929. The predicted molar refractivity (Wildman–Crippen MR) is 111 cm³/mol. The fraction of sp³-hybridized carbons (Fsp3) is 0.381. The summed E-state index contributed by atoms with van der Waals surface area (Å²) in [6.45, 7) is 2.25. The van der Waals surface area contributed by atoms with Crippen LogP contribution in [0.2, 0.25) is 0 Å². The van der Waals surface area contributed by atoms with E-state index in [1.807, 2.05) is 30.3 Å². The summed E-state index contributed by atoms with van der Waals surface area (Å²) in [4.78, 5) is 14.7. The van der Waals surface area contributed by atoms with Gasteiger partial charge < -0.3 is 23.8 Å². The van der Waals surface area contributed by atoms with Crippen molar-refractivity contribution < 1.29 is 23.7 Å². The van der Waals surface area contributed by atoms with Gasteiger partial charge in [0, 0.05) is 32.9 Å². The quantitative estimate of drug-likeness (QED) is 0.520. The van der Waals surface area contributed by atoms with Gasteiger partial charge in [-0.3, -0.25) is 4.79 Å². The molecule has 0 aliphatic rings. The standard InChI is InChI=1S/C21H26BrNO5/c1-25-11-9-23(10-12-26-2)21(24)17-13-18(22)20(19(14-17)27-3)28-15-16-7-5-4-6-8-16/h4-8,13-14H,9-12,15H2,1-3H3. The van der Waals surface area contributed by atoms with Gasteiger partial charge in [-0.25, -0.2) is 0 Å². The number of nitrogens with zero attached hydrogens (tertiary/aromatic N) is 1. The smallest absolute Gasteiger partial charge is 0.254 e. The van der Waals surface area contributed by atoms with Crippen molar-refractivity contribution in [2.45, 2.75) is 6.61 Å². The van der Waals surface area contributed by atoms with Gasteiger partial charge in [0.25, 0.3) is 5.91 Å². The number of carbonyl (C=O) groups is 1. The van der Waals surface area contributed by atoms with E-state index in [2.05, 4.69) is 15.9 Å². The highest BCUT2D eigenvalue weighted by atomic mass is 79.9. The van der Waals surface area contributed by atoms with Gasteiger partial charge in [-0.2, -0.15) is 0 Å². The minimum atomic E-state index is -0.122. The number of halogens is 1. The lowest BCUT2D eigenvalue weighted by atomic mass is 10.1. The van der Waals surface area contributed by atoms with E-state index in [1.54, 1.807) is 38.4 Å². The van der Waals surface area contributed by atoms with Gasteiger partial charge >= 0.3 is 0 Å². The summed E-state index contributed by atoms with van der Waals surface area (Å²) in [5, 5.41) is 0. The number of methoxy groups -OCH3 is 3. The number of benzene rings is 2. The Hall–Kier alpha value is -2.09. The molecule has 0 spiro atoms. The first-order valence-electron chi connectivity index (χ1n) is 8.92. The maximum absolute atomic E-state index is 13.0. The minimum Gasteiger partial charge on any atom is -0.493 e. The molecule has 0 fully saturated rings. The Labute approximate surface area is 174 Å². The molecule has 2 rings (SSSR count).